The minimum absolute atomic E-state index is 0.179. The van der Waals surface area contributed by atoms with Crippen molar-refractivity contribution in [2.24, 2.45) is 7.05 Å². The lowest BCUT2D eigenvalue weighted by Gasteiger charge is -2.14. The van der Waals surface area contributed by atoms with Crippen molar-refractivity contribution in [2.75, 3.05) is 18.8 Å². The number of likely N-dealkylation sites (tertiary alicyclic amines) is 1. The maximum absolute atomic E-state index is 12.1. The number of benzene rings is 1. The van der Waals surface area contributed by atoms with Crippen LogP contribution >= 0.6 is 11.8 Å². The number of aryl methyl sites for hydroxylation is 1. The molecular formula is C17H22N4O2S. The van der Waals surface area contributed by atoms with Gasteiger partial charge in [0.2, 0.25) is 5.91 Å². The van der Waals surface area contributed by atoms with Crippen molar-refractivity contribution in [2.45, 2.75) is 31.5 Å². The molecule has 0 unspecified atom stereocenters. The summed E-state index contributed by atoms with van der Waals surface area (Å²) in [5.41, 5.74) is 1.20. The van der Waals surface area contributed by atoms with E-state index in [1.54, 1.807) is 0 Å². The van der Waals surface area contributed by atoms with Gasteiger partial charge in [0.15, 0.2) is 11.0 Å². The van der Waals surface area contributed by atoms with Gasteiger partial charge in [-0.25, -0.2) is 0 Å². The molecule has 0 N–H and O–H groups in total. The number of hydrogen-bond donors (Lipinski definition) is 0. The summed E-state index contributed by atoms with van der Waals surface area (Å²) in [5, 5.41) is 9.07. The number of carbonyl (C=O) groups is 1. The van der Waals surface area contributed by atoms with E-state index in [4.69, 9.17) is 4.74 Å². The molecule has 0 saturated carbocycles. The van der Waals surface area contributed by atoms with Crippen LogP contribution in [0.25, 0.3) is 0 Å². The van der Waals surface area contributed by atoms with Gasteiger partial charge in [-0.2, -0.15) is 0 Å². The summed E-state index contributed by atoms with van der Waals surface area (Å²) in [6, 6.07) is 7.90. The van der Waals surface area contributed by atoms with E-state index in [1.807, 2.05) is 47.7 Å². The molecule has 6 nitrogen and oxygen atoms in total. The Morgan fingerprint density at radius 2 is 1.92 bits per heavy atom. The van der Waals surface area contributed by atoms with Crippen LogP contribution in [0.1, 0.15) is 24.2 Å². The number of aromatic nitrogens is 3. The van der Waals surface area contributed by atoms with E-state index in [-0.39, 0.29) is 5.91 Å². The number of rotatable bonds is 6. The van der Waals surface area contributed by atoms with Crippen molar-refractivity contribution in [3.63, 3.8) is 0 Å². The first-order chi connectivity index (χ1) is 11.6. The quantitative estimate of drug-likeness (QED) is 0.752. The molecule has 0 aliphatic carbocycles. The molecular weight excluding hydrogens is 324 g/mol. The first-order valence-corrected chi connectivity index (χ1v) is 9.10. The standard InChI is InChI=1S/C17H22N4O2S/c1-13-5-7-14(8-6-13)23-11-15-18-19-17(20(15)2)24-12-16(22)21-9-3-4-10-21/h5-8H,3-4,9-12H2,1-2H3. The molecule has 1 fully saturated rings. The second-order valence-corrected chi connectivity index (χ2v) is 6.88. The topological polar surface area (TPSA) is 60.3 Å². The molecule has 1 aromatic heterocycles. The highest BCUT2D eigenvalue weighted by Crippen LogP contribution is 2.19. The predicted molar refractivity (Wildman–Crippen MR) is 93.1 cm³/mol. The summed E-state index contributed by atoms with van der Waals surface area (Å²) >= 11 is 1.43. The Bertz CT molecular complexity index is 693. The van der Waals surface area contributed by atoms with Crippen LogP contribution in [0.4, 0.5) is 0 Å². The van der Waals surface area contributed by atoms with Gasteiger partial charge in [-0.1, -0.05) is 29.5 Å². The van der Waals surface area contributed by atoms with Crippen molar-refractivity contribution in [3.05, 3.63) is 35.7 Å². The molecule has 7 heteroatoms. The van der Waals surface area contributed by atoms with E-state index in [0.717, 1.165) is 42.7 Å². The maximum Gasteiger partial charge on any atom is 0.233 e. The lowest BCUT2D eigenvalue weighted by atomic mass is 10.2. The van der Waals surface area contributed by atoms with Crippen molar-refractivity contribution in [1.29, 1.82) is 0 Å². The van der Waals surface area contributed by atoms with Gasteiger partial charge in [0, 0.05) is 20.1 Å². The smallest absolute Gasteiger partial charge is 0.233 e. The van der Waals surface area contributed by atoms with Crippen LogP contribution < -0.4 is 4.74 Å². The third-order valence-corrected chi connectivity index (χ3v) is 5.10. The lowest BCUT2D eigenvalue weighted by molar-refractivity contribution is -0.127. The molecule has 128 valence electrons. The van der Waals surface area contributed by atoms with Crippen LogP contribution in [0, 0.1) is 6.92 Å². The molecule has 1 aliphatic heterocycles. The Hall–Kier alpha value is -2.02. The van der Waals surface area contributed by atoms with Gasteiger partial charge in [0.25, 0.3) is 0 Å². The molecule has 1 aromatic carbocycles. The Morgan fingerprint density at radius 3 is 2.62 bits per heavy atom. The zero-order chi connectivity index (χ0) is 16.9. The molecule has 0 radical (unpaired) electrons. The summed E-state index contributed by atoms with van der Waals surface area (Å²) < 4.78 is 7.63. The van der Waals surface area contributed by atoms with Crippen LogP contribution in [0.3, 0.4) is 0 Å². The maximum atomic E-state index is 12.1. The molecule has 1 aliphatic rings. The first-order valence-electron chi connectivity index (χ1n) is 8.12. The fraction of sp³-hybridized carbons (Fsp3) is 0.471. The average molecular weight is 346 g/mol. The number of amides is 1. The van der Waals surface area contributed by atoms with E-state index < -0.39 is 0 Å². The normalized spacial score (nSPS) is 14.2. The Kier molecular flexibility index (Phi) is 5.40. The number of hydrogen-bond acceptors (Lipinski definition) is 5. The van der Waals surface area contributed by atoms with Crippen molar-refractivity contribution < 1.29 is 9.53 Å². The summed E-state index contributed by atoms with van der Waals surface area (Å²) in [7, 11) is 1.90. The van der Waals surface area contributed by atoms with E-state index >= 15 is 0 Å². The molecule has 1 amide bonds. The van der Waals surface area contributed by atoms with Gasteiger partial charge < -0.3 is 14.2 Å². The van der Waals surface area contributed by atoms with Crippen molar-refractivity contribution in [1.82, 2.24) is 19.7 Å². The highest BCUT2D eigenvalue weighted by molar-refractivity contribution is 7.99. The van der Waals surface area contributed by atoms with Gasteiger partial charge in [0.05, 0.1) is 5.75 Å². The van der Waals surface area contributed by atoms with Gasteiger partial charge in [-0.05, 0) is 31.9 Å². The molecule has 24 heavy (non-hydrogen) atoms. The number of ether oxygens (including phenoxy) is 1. The monoisotopic (exact) mass is 346 g/mol. The summed E-state index contributed by atoms with van der Waals surface area (Å²) in [5.74, 6) is 2.14. The molecule has 3 rings (SSSR count). The Morgan fingerprint density at radius 1 is 1.21 bits per heavy atom. The summed E-state index contributed by atoms with van der Waals surface area (Å²) in [6.07, 6.45) is 2.22. The Balaban J connectivity index is 1.53. The van der Waals surface area contributed by atoms with Crippen molar-refractivity contribution >= 4 is 17.7 Å². The minimum Gasteiger partial charge on any atom is -0.486 e. The third kappa shape index (κ3) is 4.08. The summed E-state index contributed by atoms with van der Waals surface area (Å²) in [6.45, 7) is 4.16. The van der Waals surface area contributed by atoms with E-state index in [2.05, 4.69) is 10.2 Å². The number of nitrogens with zero attached hydrogens (tertiary/aromatic N) is 4. The first kappa shape index (κ1) is 16.8. The zero-order valence-electron chi connectivity index (χ0n) is 14.1. The number of thioether (sulfide) groups is 1. The molecule has 2 heterocycles. The van der Waals surface area contributed by atoms with Gasteiger partial charge in [-0.3, -0.25) is 4.79 Å². The van der Waals surface area contributed by atoms with Crippen LogP contribution in [-0.4, -0.2) is 44.4 Å². The fourth-order valence-electron chi connectivity index (χ4n) is 2.56. The van der Waals surface area contributed by atoms with E-state index in [1.165, 1.54) is 17.3 Å². The van der Waals surface area contributed by atoms with Crippen LogP contribution in [0.2, 0.25) is 0 Å². The lowest BCUT2D eigenvalue weighted by Crippen LogP contribution is -2.29. The van der Waals surface area contributed by atoms with Gasteiger partial charge >= 0.3 is 0 Å². The fourth-order valence-corrected chi connectivity index (χ4v) is 3.40. The minimum atomic E-state index is 0.179. The number of carbonyl (C=O) groups excluding carboxylic acids is 1. The summed E-state index contributed by atoms with van der Waals surface area (Å²) in [4.78, 5) is 14.0. The van der Waals surface area contributed by atoms with Gasteiger partial charge in [-0.15, -0.1) is 10.2 Å². The van der Waals surface area contributed by atoms with E-state index in [0.29, 0.717) is 12.4 Å². The average Bonchev–Trinajstić information content (AvgIpc) is 3.23. The van der Waals surface area contributed by atoms with Crippen LogP contribution in [-0.2, 0) is 18.4 Å². The van der Waals surface area contributed by atoms with E-state index in [9.17, 15) is 4.79 Å². The van der Waals surface area contributed by atoms with Crippen molar-refractivity contribution in [3.8, 4) is 5.75 Å². The highest BCUT2D eigenvalue weighted by Gasteiger charge is 2.19. The molecule has 0 spiro atoms. The molecule has 2 aromatic rings. The molecule has 1 saturated heterocycles. The second-order valence-electron chi connectivity index (χ2n) is 5.94. The highest BCUT2D eigenvalue weighted by atomic mass is 32.2. The Labute approximate surface area is 146 Å². The van der Waals surface area contributed by atoms with Crippen LogP contribution in [0.15, 0.2) is 29.4 Å². The van der Waals surface area contributed by atoms with Crippen LogP contribution in [0.5, 0.6) is 5.75 Å². The third-order valence-electron chi connectivity index (χ3n) is 4.10. The zero-order valence-corrected chi connectivity index (χ0v) is 14.9. The SMILES string of the molecule is Cc1ccc(OCc2nnc(SCC(=O)N3CCCC3)n2C)cc1. The van der Waals surface area contributed by atoms with Gasteiger partial charge in [0.1, 0.15) is 12.4 Å². The largest absolute Gasteiger partial charge is 0.486 e. The molecule has 0 atom stereocenters. The predicted octanol–water partition coefficient (Wildman–Crippen LogP) is 2.42. The molecule has 0 bridgehead atoms. The second kappa shape index (κ2) is 7.70.